The molecule has 2 fully saturated rings. The zero-order chi connectivity index (χ0) is 25.3. The molecule has 1 N–H and O–H groups in total. The van der Waals surface area contributed by atoms with Crippen molar-refractivity contribution < 1.29 is 43.3 Å². The van der Waals surface area contributed by atoms with E-state index < -0.39 is 43.6 Å². The average Bonchev–Trinajstić information content (AvgIpc) is 2.80. The van der Waals surface area contributed by atoms with Crippen molar-refractivity contribution in [1.82, 2.24) is 0 Å². The fourth-order valence-corrected chi connectivity index (χ4v) is 6.38. The minimum Gasteiger partial charge on any atom is -0.377 e. The van der Waals surface area contributed by atoms with Gasteiger partial charge in [0.2, 0.25) is 0 Å². The summed E-state index contributed by atoms with van der Waals surface area (Å²) in [4.78, 5) is 0. The highest BCUT2D eigenvalue weighted by molar-refractivity contribution is 7.88. The van der Waals surface area contributed by atoms with Gasteiger partial charge in [-0.05, 0) is 61.1 Å². The Morgan fingerprint density at radius 2 is 1.47 bits per heavy atom. The molecular formula is C22H29F5O5S2. The van der Waals surface area contributed by atoms with Crippen molar-refractivity contribution in [2.75, 3.05) is 0 Å². The molecule has 12 heteroatoms. The van der Waals surface area contributed by atoms with Crippen LogP contribution in [0, 0.1) is 6.92 Å². The molecule has 5 nitrogen and oxygen atoms in total. The smallest absolute Gasteiger partial charge is 0.377 e. The van der Waals surface area contributed by atoms with Crippen molar-refractivity contribution in [3.8, 4) is 5.75 Å². The van der Waals surface area contributed by atoms with Crippen LogP contribution in [0.1, 0.15) is 92.7 Å². The van der Waals surface area contributed by atoms with Crippen molar-refractivity contribution in [2.45, 2.75) is 99.6 Å². The van der Waals surface area contributed by atoms with E-state index in [9.17, 15) is 34.6 Å². The molecule has 0 aliphatic heterocycles. The van der Waals surface area contributed by atoms with E-state index in [0.717, 1.165) is 56.9 Å². The van der Waals surface area contributed by atoms with E-state index in [1.54, 1.807) is 12.1 Å². The van der Waals surface area contributed by atoms with Crippen molar-refractivity contribution >= 4 is 21.2 Å². The Kier molecular flexibility index (Phi) is 8.34. The van der Waals surface area contributed by atoms with Crippen LogP contribution < -0.4 is 4.18 Å². The van der Waals surface area contributed by atoms with E-state index in [-0.39, 0.29) is 17.4 Å². The monoisotopic (exact) mass is 532 g/mol. The van der Waals surface area contributed by atoms with Crippen LogP contribution in [-0.4, -0.2) is 33.9 Å². The Labute approximate surface area is 198 Å². The van der Waals surface area contributed by atoms with Crippen LogP contribution in [0.2, 0.25) is 0 Å². The average molecular weight is 533 g/mol. The third-order valence-corrected chi connectivity index (χ3v) is 8.74. The highest BCUT2D eigenvalue weighted by atomic mass is 32.2. The summed E-state index contributed by atoms with van der Waals surface area (Å²) in [5, 5.41) is -6.09. The summed E-state index contributed by atoms with van der Waals surface area (Å²) in [6, 6.07) is 3.37. The first-order valence-corrected chi connectivity index (χ1v) is 13.9. The summed E-state index contributed by atoms with van der Waals surface area (Å²) in [5.74, 6) is -6.43. The van der Waals surface area contributed by atoms with Crippen molar-refractivity contribution in [3.05, 3.63) is 28.8 Å². The van der Waals surface area contributed by atoms with Crippen LogP contribution in [0.5, 0.6) is 5.75 Å². The van der Waals surface area contributed by atoms with Crippen molar-refractivity contribution in [2.24, 2.45) is 0 Å². The molecule has 2 saturated carbocycles. The van der Waals surface area contributed by atoms with Crippen molar-refractivity contribution in [1.29, 1.82) is 0 Å². The molecule has 0 aromatic heterocycles. The van der Waals surface area contributed by atoms with Gasteiger partial charge >= 0.3 is 21.3 Å². The second-order valence-corrected chi connectivity index (χ2v) is 11.7. The topological polar surface area (TPSA) is 80.7 Å². The van der Waals surface area contributed by atoms with E-state index in [2.05, 4.69) is 4.18 Å². The molecule has 0 radical (unpaired) electrons. The molecule has 0 bridgehead atoms. The third kappa shape index (κ3) is 5.28. The second kappa shape index (κ2) is 10.4. The van der Waals surface area contributed by atoms with Crippen LogP contribution in [-0.2, 0) is 21.2 Å². The van der Waals surface area contributed by atoms with E-state index in [4.69, 9.17) is 4.55 Å². The largest absolute Gasteiger partial charge is 0.446 e. The SMILES string of the molecule is Cc1cc(C2CCCCC2)cc(C2CCCCC2)c1OS(=O)(=O)C(F)(F)C(F)(F)C(F)S(=O)O. The standard InChI is InChI=1S/C22H29F5O5S2/c1-14-12-17(15-8-4-2-5-9-15)13-18(16-10-6-3-7-11-16)19(14)32-34(30,31)22(26,27)21(24,25)20(23)33(28)29/h12-13,15-16,20H,2-11H2,1H3,(H,28,29). The minimum atomic E-state index is -6.44. The molecule has 0 spiro atoms. The molecule has 2 aliphatic carbocycles. The lowest BCUT2D eigenvalue weighted by molar-refractivity contribution is -0.178. The molecule has 3 rings (SSSR count). The van der Waals surface area contributed by atoms with Crippen LogP contribution >= 0.6 is 0 Å². The van der Waals surface area contributed by atoms with Gasteiger partial charge in [0.05, 0.1) is 0 Å². The maximum Gasteiger partial charge on any atom is 0.446 e. The molecule has 2 aliphatic rings. The van der Waals surface area contributed by atoms with E-state index in [0.29, 0.717) is 18.4 Å². The summed E-state index contributed by atoms with van der Waals surface area (Å²) in [7, 11) is -6.44. The van der Waals surface area contributed by atoms with E-state index in [1.807, 2.05) is 0 Å². The number of hydrogen-bond donors (Lipinski definition) is 1. The molecule has 2 unspecified atom stereocenters. The summed E-state index contributed by atoms with van der Waals surface area (Å²) in [5.41, 5.74) is -2.83. The fourth-order valence-electron chi connectivity index (χ4n) is 4.92. The zero-order valence-corrected chi connectivity index (χ0v) is 20.4. The normalized spacial score (nSPS) is 21.3. The number of hydrogen-bond acceptors (Lipinski definition) is 4. The lowest BCUT2D eigenvalue weighted by atomic mass is 9.79. The number of rotatable bonds is 8. The Morgan fingerprint density at radius 3 is 1.97 bits per heavy atom. The highest BCUT2D eigenvalue weighted by Crippen LogP contribution is 2.47. The predicted molar refractivity (Wildman–Crippen MR) is 118 cm³/mol. The maximum atomic E-state index is 14.4. The molecule has 0 amide bonds. The molecule has 34 heavy (non-hydrogen) atoms. The van der Waals surface area contributed by atoms with E-state index in [1.165, 1.54) is 6.92 Å². The lowest BCUT2D eigenvalue weighted by Gasteiger charge is -2.30. The molecule has 0 saturated heterocycles. The summed E-state index contributed by atoms with van der Waals surface area (Å²) >= 11 is -4.04. The van der Waals surface area contributed by atoms with Gasteiger partial charge in [-0.3, -0.25) is 0 Å². The molecule has 1 aromatic carbocycles. The first-order chi connectivity index (χ1) is 15.8. The first kappa shape index (κ1) is 27.3. The van der Waals surface area contributed by atoms with Gasteiger partial charge in [0.1, 0.15) is 5.75 Å². The van der Waals surface area contributed by atoms with Crippen LogP contribution in [0.4, 0.5) is 22.0 Å². The quantitative estimate of drug-likeness (QED) is 0.233. The Hall–Kier alpha value is -1.27. The number of aryl methyl sites for hydroxylation is 1. The van der Waals surface area contributed by atoms with Gasteiger partial charge in [0, 0.05) is 0 Å². The number of alkyl halides is 5. The minimum absolute atomic E-state index is 0.200. The van der Waals surface area contributed by atoms with Crippen LogP contribution in [0.15, 0.2) is 12.1 Å². The summed E-state index contributed by atoms with van der Waals surface area (Å²) in [6.07, 6.45) is 9.01. The second-order valence-electron chi connectivity index (χ2n) is 9.20. The predicted octanol–water partition coefficient (Wildman–Crippen LogP) is 6.54. The summed E-state index contributed by atoms with van der Waals surface area (Å²) < 4.78 is 119. The Balaban J connectivity index is 2.04. The van der Waals surface area contributed by atoms with Gasteiger partial charge < -0.3 is 8.74 Å². The summed E-state index contributed by atoms with van der Waals surface area (Å²) in [6.45, 7) is 1.46. The van der Waals surface area contributed by atoms with E-state index >= 15 is 0 Å². The molecule has 194 valence electrons. The van der Waals surface area contributed by atoms with Gasteiger partial charge in [-0.1, -0.05) is 50.7 Å². The van der Waals surface area contributed by atoms with Gasteiger partial charge in [-0.2, -0.15) is 26.0 Å². The maximum absolute atomic E-state index is 14.4. The van der Waals surface area contributed by atoms with Gasteiger partial charge in [0.25, 0.3) is 5.50 Å². The fraction of sp³-hybridized carbons (Fsp3) is 0.727. The lowest BCUT2D eigenvalue weighted by Crippen LogP contribution is -2.55. The number of benzene rings is 1. The third-order valence-electron chi connectivity index (χ3n) is 6.80. The van der Waals surface area contributed by atoms with Crippen LogP contribution in [0.25, 0.3) is 0 Å². The highest BCUT2D eigenvalue weighted by Gasteiger charge is 2.73. The van der Waals surface area contributed by atoms with Gasteiger partial charge in [-0.15, -0.1) is 0 Å². The van der Waals surface area contributed by atoms with Crippen molar-refractivity contribution in [3.63, 3.8) is 0 Å². The van der Waals surface area contributed by atoms with Gasteiger partial charge in [-0.25, -0.2) is 8.60 Å². The first-order valence-electron chi connectivity index (χ1n) is 11.4. The van der Waals surface area contributed by atoms with Gasteiger partial charge in [0.15, 0.2) is 11.1 Å². The number of halogens is 5. The Morgan fingerprint density at radius 1 is 0.971 bits per heavy atom. The molecule has 2 atom stereocenters. The molecule has 0 heterocycles. The zero-order valence-electron chi connectivity index (χ0n) is 18.7. The molecule has 1 aromatic rings. The van der Waals surface area contributed by atoms with Crippen LogP contribution in [0.3, 0.4) is 0 Å². The Bertz CT molecular complexity index is 1000. The molecular weight excluding hydrogens is 503 g/mol.